The quantitative estimate of drug-likeness (QED) is 0.684. The minimum Gasteiger partial charge on any atom is -0.313 e. The van der Waals surface area contributed by atoms with Crippen molar-refractivity contribution in [2.24, 2.45) is 5.92 Å². The minimum atomic E-state index is -3.32. The third-order valence-corrected chi connectivity index (χ3v) is 6.92. The van der Waals surface area contributed by atoms with Crippen LogP contribution in [0.5, 0.6) is 0 Å². The summed E-state index contributed by atoms with van der Waals surface area (Å²) in [4.78, 5) is 0. The van der Waals surface area contributed by atoms with Crippen molar-refractivity contribution in [3.63, 3.8) is 0 Å². The fourth-order valence-corrected chi connectivity index (χ4v) is 5.07. The summed E-state index contributed by atoms with van der Waals surface area (Å²) < 4.78 is 27.6. The first-order chi connectivity index (χ1) is 10.1. The first-order valence-electron chi connectivity index (χ1n) is 7.89. The maximum Gasteiger partial charge on any atom is 0.250 e. The van der Waals surface area contributed by atoms with Gasteiger partial charge in [-0.25, -0.2) is 13.1 Å². The Morgan fingerprint density at radius 1 is 1.29 bits per heavy atom. The molecule has 1 aliphatic rings. The summed E-state index contributed by atoms with van der Waals surface area (Å²) in [5, 5.41) is 5.21. The monoisotopic (exact) mass is 330 g/mol. The maximum absolute atomic E-state index is 12.2. The number of thiophene rings is 1. The Balaban J connectivity index is 1.80. The Hall–Kier alpha value is -0.430. The first-order valence-corrected chi connectivity index (χ1v) is 10.3. The van der Waals surface area contributed by atoms with Gasteiger partial charge in [0.15, 0.2) is 0 Å². The van der Waals surface area contributed by atoms with E-state index < -0.39 is 10.0 Å². The summed E-state index contributed by atoms with van der Waals surface area (Å²) in [6.45, 7) is 4.37. The molecule has 6 heteroatoms. The molecule has 2 rings (SSSR count). The van der Waals surface area contributed by atoms with Crippen LogP contribution in [0.15, 0.2) is 15.7 Å². The fraction of sp³-hybridized carbons (Fsp3) is 0.733. The van der Waals surface area contributed by atoms with Crippen molar-refractivity contribution in [1.82, 2.24) is 10.0 Å². The summed E-state index contributed by atoms with van der Waals surface area (Å²) in [6, 6.07) is 1.78. The molecule has 0 bridgehead atoms. The van der Waals surface area contributed by atoms with E-state index in [1.54, 1.807) is 6.07 Å². The van der Waals surface area contributed by atoms with Crippen LogP contribution in [0.2, 0.25) is 0 Å². The molecule has 0 amide bonds. The van der Waals surface area contributed by atoms with Crippen molar-refractivity contribution < 1.29 is 8.42 Å². The van der Waals surface area contributed by atoms with E-state index in [1.807, 2.05) is 5.38 Å². The van der Waals surface area contributed by atoms with Crippen LogP contribution in [0.3, 0.4) is 0 Å². The molecule has 21 heavy (non-hydrogen) atoms. The molecular formula is C15H26N2O2S2. The van der Waals surface area contributed by atoms with Crippen molar-refractivity contribution in [2.75, 3.05) is 13.1 Å². The van der Waals surface area contributed by atoms with Crippen LogP contribution in [-0.2, 0) is 16.6 Å². The first kappa shape index (κ1) is 16.9. The third-order valence-electron chi connectivity index (χ3n) is 3.97. The minimum absolute atomic E-state index is 0.433. The van der Waals surface area contributed by atoms with Gasteiger partial charge >= 0.3 is 0 Å². The van der Waals surface area contributed by atoms with Gasteiger partial charge in [0.25, 0.3) is 0 Å². The van der Waals surface area contributed by atoms with Crippen molar-refractivity contribution in [3.05, 3.63) is 17.0 Å². The highest BCUT2D eigenvalue weighted by atomic mass is 32.2. The fourth-order valence-electron chi connectivity index (χ4n) is 2.76. The van der Waals surface area contributed by atoms with Gasteiger partial charge in [0.05, 0.1) is 0 Å². The lowest BCUT2D eigenvalue weighted by molar-refractivity contribution is 0.496. The van der Waals surface area contributed by atoms with E-state index in [2.05, 4.69) is 17.0 Å². The molecule has 0 aromatic carbocycles. The van der Waals surface area contributed by atoms with Gasteiger partial charge in [-0.05, 0) is 42.3 Å². The van der Waals surface area contributed by atoms with Crippen molar-refractivity contribution >= 4 is 21.4 Å². The van der Waals surface area contributed by atoms with Gasteiger partial charge in [0.1, 0.15) is 4.21 Å². The van der Waals surface area contributed by atoms with E-state index in [-0.39, 0.29) is 0 Å². The van der Waals surface area contributed by atoms with Crippen LogP contribution >= 0.6 is 11.3 Å². The predicted octanol–water partition coefficient (Wildman–Crippen LogP) is 3.11. The summed E-state index contributed by atoms with van der Waals surface area (Å²) in [7, 11) is -3.32. The number of nitrogens with one attached hydrogen (secondary N) is 2. The predicted molar refractivity (Wildman–Crippen MR) is 88.1 cm³/mol. The normalized spacial score (nSPS) is 16.6. The van der Waals surface area contributed by atoms with Gasteiger partial charge in [-0.15, -0.1) is 11.3 Å². The van der Waals surface area contributed by atoms with E-state index in [0.29, 0.717) is 16.7 Å². The average Bonchev–Trinajstić information content (AvgIpc) is 3.10. The lowest BCUT2D eigenvalue weighted by Gasteiger charge is -2.09. The van der Waals surface area contributed by atoms with Gasteiger partial charge < -0.3 is 5.32 Å². The maximum atomic E-state index is 12.2. The van der Waals surface area contributed by atoms with Gasteiger partial charge in [-0.1, -0.05) is 32.6 Å². The Kier molecular flexibility index (Phi) is 6.67. The molecule has 2 N–H and O–H groups in total. The second-order valence-electron chi connectivity index (χ2n) is 5.79. The average molecular weight is 331 g/mol. The van der Waals surface area contributed by atoms with Gasteiger partial charge in [-0.3, -0.25) is 0 Å². The number of hydrogen-bond donors (Lipinski definition) is 2. The molecule has 0 radical (unpaired) electrons. The molecule has 1 aromatic rings. The van der Waals surface area contributed by atoms with Crippen molar-refractivity contribution in [2.45, 2.75) is 56.2 Å². The smallest absolute Gasteiger partial charge is 0.250 e. The molecule has 1 heterocycles. The Morgan fingerprint density at radius 2 is 2.05 bits per heavy atom. The largest absolute Gasteiger partial charge is 0.313 e. The third kappa shape index (κ3) is 5.36. The molecule has 1 aromatic heterocycles. The summed E-state index contributed by atoms with van der Waals surface area (Å²) >= 11 is 1.31. The van der Waals surface area contributed by atoms with E-state index in [0.717, 1.165) is 31.5 Å². The van der Waals surface area contributed by atoms with Crippen LogP contribution in [0, 0.1) is 5.92 Å². The highest BCUT2D eigenvalue weighted by molar-refractivity contribution is 7.91. The molecule has 0 atom stereocenters. The zero-order valence-corrected chi connectivity index (χ0v) is 14.4. The van der Waals surface area contributed by atoms with E-state index >= 15 is 0 Å². The molecule has 0 saturated heterocycles. The lowest BCUT2D eigenvalue weighted by atomic mass is 10.1. The van der Waals surface area contributed by atoms with Crippen LogP contribution in [0.1, 0.15) is 51.0 Å². The molecule has 4 nitrogen and oxygen atoms in total. The van der Waals surface area contributed by atoms with Gasteiger partial charge in [0.2, 0.25) is 10.0 Å². The van der Waals surface area contributed by atoms with Gasteiger partial charge in [-0.2, -0.15) is 0 Å². The highest BCUT2D eigenvalue weighted by Gasteiger charge is 2.19. The van der Waals surface area contributed by atoms with Crippen LogP contribution in [-0.4, -0.2) is 21.5 Å². The topological polar surface area (TPSA) is 58.2 Å². The van der Waals surface area contributed by atoms with E-state index in [1.165, 1.54) is 37.0 Å². The summed E-state index contributed by atoms with van der Waals surface area (Å²) in [6.07, 6.45) is 7.17. The Labute approximate surface area is 132 Å². The van der Waals surface area contributed by atoms with Crippen molar-refractivity contribution in [1.29, 1.82) is 0 Å². The molecule has 1 saturated carbocycles. The summed E-state index contributed by atoms with van der Waals surface area (Å²) in [5.74, 6) is 0.713. The summed E-state index contributed by atoms with van der Waals surface area (Å²) in [5.41, 5.74) is 1.05. The second kappa shape index (κ2) is 8.27. The number of hydrogen-bond acceptors (Lipinski definition) is 4. The highest BCUT2D eigenvalue weighted by Crippen LogP contribution is 2.27. The Morgan fingerprint density at radius 3 is 2.76 bits per heavy atom. The van der Waals surface area contributed by atoms with E-state index in [4.69, 9.17) is 0 Å². The van der Waals surface area contributed by atoms with E-state index in [9.17, 15) is 8.42 Å². The molecule has 0 unspecified atom stereocenters. The zero-order chi connectivity index (χ0) is 15.1. The number of sulfonamides is 1. The lowest BCUT2D eigenvalue weighted by Crippen LogP contribution is -2.25. The molecule has 120 valence electrons. The van der Waals surface area contributed by atoms with Crippen molar-refractivity contribution in [3.8, 4) is 0 Å². The molecule has 0 spiro atoms. The van der Waals surface area contributed by atoms with Crippen LogP contribution in [0.25, 0.3) is 0 Å². The SMILES string of the molecule is CCCNCc1csc(S(=O)(=O)NCCC2CCCC2)c1. The molecule has 0 aliphatic heterocycles. The van der Waals surface area contributed by atoms with Crippen LogP contribution in [0.4, 0.5) is 0 Å². The van der Waals surface area contributed by atoms with Crippen LogP contribution < -0.4 is 10.0 Å². The van der Waals surface area contributed by atoms with Gasteiger partial charge in [0, 0.05) is 13.1 Å². The molecular weight excluding hydrogens is 304 g/mol. The number of rotatable bonds is 9. The molecule has 1 fully saturated rings. The molecule has 1 aliphatic carbocycles. The zero-order valence-electron chi connectivity index (χ0n) is 12.7. The second-order valence-corrected chi connectivity index (χ2v) is 8.69. The Bertz CT molecular complexity index is 520. The standard InChI is InChI=1S/C15H26N2O2S2/c1-2-8-16-11-14-10-15(20-12-14)21(18,19)17-9-7-13-5-3-4-6-13/h10,12-13,16-17H,2-9,11H2,1H3.